The quantitative estimate of drug-likeness (QED) is 0.846. The van der Waals surface area contributed by atoms with Gasteiger partial charge >= 0.3 is 0 Å². The smallest absolute Gasteiger partial charge is 0.257 e. The zero-order chi connectivity index (χ0) is 15.2. The van der Waals surface area contributed by atoms with Crippen LogP contribution in [-0.2, 0) is 4.79 Å². The van der Waals surface area contributed by atoms with E-state index in [-0.39, 0.29) is 17.9 Å². The van der Waals surface area contributed by atoms with Gasteiger partial charge in [0.1, 0.15) is 0 Å². The molecule has 0 radical (unpaired) electrons. The topological polar surface area (TPSA) is 80.0 Å². The number of carbonyl (C=O) groups excluding carboxylic acids is 1. The first-order valence-corrected chi connectivity index (χ1v) is 6.95. The van der Waals surface area contributed by atoms with Crippen LogP contribution in [0.1, 0.15) is 25.7 Å². The average molecular weight is 288 g/mol. The van der Waals surface area contributed by atoms with Crippen LogP contribution in [0, 0.1) is 5.92 Å². The molecule has 0 aliphatic rings. The normalized spacial score (nSPS) is 13.7. The largest absolute Gasteiger partial charge is 0.346 e. The average Bonchev–Trinajstić information content (AvgIpc) is 2.98. The highest BCUT2D eigenvalue weighted by molar-refractivity contribution is 5.78. The molecular formula is C15H20N4O2. The predicted octanol–water partition coefficient (Wildman–Crippen LogP) is 1.77. The van der Waals surface area contributed by atoms with Crippen molar-refractivity contribution < 1.29 is 9.32 Å². The van der Waals surface area contributed by atoms with E-state index in [2.05, 4.69) is 20.8 Å². The van der Waals surface area contributed by atoms with Crippen molar-refractivity contribution in [3.8, 4) is 11.5 Å². The van der Waals surface area contributed by atoms with Crippen molar-refractivity contribution in [2.45, 2.75) is 19.9 Å². The Hall–Kier alpha value is -2.21. The number of rotatable bonds is 6. The van der Waals surface area contributed by atoms with Gasteiger partial charge in [0.25, 0.3) is 5.89 Å². The Morgan fingerprint density at radius 2 is 2.00 bits per heavy atom. The Labute approximate surface area is 123 Å². The van der Waals surface area contributed by atoms with Gasteiger partial charge in [-0.05, 0) is 26.1 Å². The van der Waals surface area contributed by atoms with Crippen molar-refractivity contribution in [3.63, 3.8) is 0 Å². The number of benzene rings is 1. The van der Waals surface area contributed by atoms with Gasteiger partial charge in [0.15, 0.2) is 5.82 Å². The minimum Gasteiger partial charge on any atom is -0.346 e. The number of amides is 1. The molecule has 0 bridgehead atoms. The molecule has 0 saturated heterocycles. The number of carbonyl (C=O) groups is 1. The van der Waals surface area contributed by atoms with Gasteiger partial charge in [-0.25, -0.2) is 0 Å². The second-order valence-corrected chi connectivity index (χ2v) is 5.01. The van der Waals surface area contributed by atoms with Crippen LogP contribution < -0.4 is 10.6 Å². The van der Waals surface area contributed by atoms with Gasteiger partial charge in [0.2, 0.25) is 5.91 Å². The van der Waals surface area contributed by atoms with E-state index < -0.39 is 0 Å². The summed E-state index contributed by atoms with van der Waals surface area (Å²) in [5.74, 6) is 0.773. The standard InChI is InChI=1S/C15H20N4O2/c1-10(9-16-3)14(20)17-11(2)13-18-15(21-19-13)12-7-5-4-6-8-12/h4-8,10-11,16H,9H2,1-3H3,(H,17,20). The zero-order valence-electron chi connectivity index (χ0n) is 12.5. The lowest BCUT2D eigenvalue weighted by molar-refractivity contribution is -0.125. The monoisotopic (exact) mass is 288 g/mol. The van der Waals surface area contributed by atoms with Crippen LogP contribution >= 0.6 is 0 Å². The van der Waals surface area contributed by atoms with Crippen LogP contribution in [-0.4, -0.2) is 29.6 Å². The Morgan fingerprint density at radius 1 is 1.29 bits per heavy atom. The van der Waals surface area contributed by atoms with Gasteiger partial charge in [-0.1, -0.05) is 30.3 Å². The van der Waals surface area contributed by atoms with Gasteiger partial charge < -0.3 is 15.2 Å². The van der Waals surface area contributed by atoms with Crippen molar-refractivity contribution in [2.24, 2.45) is 5.92 Å². The van der Waals surface area contributed by atoms with Crippen LogP contribution in [0.15, 0.2) is 34.9 Å². The third kappa shape index (κ3) is 3.88. The van der Waals surface area contributed by atoms with Crippen LogP contribution in [0.4, 0.5) is 0 Å². The van der Waals surface area contributed by atoms with Crippen molar-refractivity contribution in [1.82, 2.24) is 20.8 Å². The number of hydrogen-bond acceptors (Lipinski definition) is 5. The summed E-state index contributed by atoms with van der Waals surface area (Å²) in [4.78, 5) is 16.3. The van der Waals surface area contributed by atoms with Crippen molar-refractivity contribution >= 4 is 5.91 Å². The number of hydrogen-bond donors (Lipinski definition) is 2. The van der Waals surface area contributed by atoms with E-state index in [1.54, 1.807) is 0 Å². The van der Waals surface area contributed by atoms with E-state index in [4.69, 9.17) is 4.52 Å². The lowest BCUT2D eigenvalue weighted by Gasteiger charge is -2.14. The number of nitrogens with one attached hydrogen (secondary N) is 2. The molecule has 2 unspecified atom stereocenters. The summed E-state index contributed by atoms with van der Waals surface area (Å²) in [7, 11) is 1.82. The van der Waals surface area contributed by atoms with Crippen LogP contribution in [0.25, 0.3) is 11.5 Å². The summed E-state index contributed by atoms with van der Waals surface area (Å²) >= 11 is 0. The summed E-state index contributed by atoms with van der Waals surface area (Å²) in [6.07, 6.45) is 0. The molecule has 2 N–H and O–H groups in total. The van der Waals surface area contributed by atoms with Gasteiger partial charge in [0, 0.05) is 18.0 Å². The minimum absolute atomic E-state index is 0.0390. The maximum Gasteiger partial charge on any atom is 0.257 e. The van der Waals surface area contributed by atoms with Crippen molar-refractivity contribution in [2.75, 3.05) is 13.6 Å². The van der Waals surface area contributed by atoms with Crippen molar-refractivity contribution in [1.29, 1.82) is 0 Å². The fourth-order valence-electron chi connectivity index (χ4n) is 1.93. The molecule has 0 fully saturated rings. The van der Waals surface area contributed by atoms with Crippen LogP contribution in [0.5, 0.6) is 0 Å². The molecule has 2 rings (SSSR count). The lowest BCUT2D eigenvalue weighted by Crippen LogP contribution is -2.36. The first-order valence-electron chi connectivity index (χ1n) is 6.95. The van der Waals surface area contributed by atoms with E-state index in [9.17, 15) is 4.79 Å². The van der Waals surface area contributed by atoms with E-state index >= 15 is 0 Å². The highest BCUT2D eigenvalue weighted by Crippen LogP contribution is 2.18. The Balaban J connectivity index is 2.02. The highest BCUT2D eigenvalue weighted by Gasteiger charge is 2.19. The summed E-state index contributed by atoms with van der Waals surface area (Å²) in [6.45, 7) is 4.33. The summed E-state index contributed by atoms with van der Waals surface area (Å²) in [5.41, 5.74) is 0.860. The van der Waals surface area contributed by atoms with Gasteiger partial charge in [-0.15, -0.1) is 0 Å². The van der Waals surface area contributed by atoms with Crippen LogP contribution in [0.2, 0.25) is 0 Å². The molecule has 6 heteroatoms. The highest BCUT2D eigenvalue weighted by atomic mass is 16.5. The molecule has 1 aromatic heterocycles. The van der Waals surface area contributed by atoms with E-state index in [1.807, 2.05) is 51.2 Å². The molecule has 1 heterocycles. The molecule has 1 aromatic carbocycles. The predicted molar refractivity (Wildman–Crippen MR) is 79.4 cm³/mol. The van der Waals surface area contributed by atoms with Crippen LogP contribution in [0.3, 0.4) is 0 Å². The molecule has 0 aliphatic carbocycles. The minimum atomic E-state index is -0.294. The number of nitrogens with zero attached hydrogens (tertiary/aromatic N) is 2. The number of aromatic nitrogens is 2. The maximum absolute atomic E-state index is 12.0. The fourth-order valence-corrected chi connectivity index (χ4v) is 1.93. The van der Waals surface area contributed by atoms with E-state index in [1.165, 1.54) is 0 Å². The first kappa shape index (κ1) is 15.2. The molecule has 2 aromatic rings. The second-order valence-electron chi connectivity index (χ2n) is 5.01. The lowest BCUT2D eigenvalue weighted by atomic mass is 10.1. The Bertz CT molecular complexity index is 582. The Morgan fingerprint density at radius 3 is 2.67 bits per heavy atom. The van der Waals surface area contributed by atoms with Gasteiger partial charge in [-0.3, -0.25) is 4.79 Å². The molecule has 6 nitrogen and oxygen atoms in total. The summed E-state index contributed by atoms with van der Waals surface area (Å²) in [5, 5.41) is 9.79. The molecular weight excluding hydrogens is 268 g/mol. The SMILES string of the molecule is CNCC(C)C(=O)NC(C)c1noc(-c2ccccc2)n1. The molecule has 0 spiro atoms. The molecule has 0 aliphatic heterocycles. The molecule has 2 atom stereocenters. The zero-order valence-corrected chi connectivity index (χ0v) is 12.5. The fraction of sp³-hybridized carbons (Fsp3) is 0.400. The van der Waals surface area contributed by atoms with E-state index in [0.717, 1.165) is 5.56 Å². The molecule has 21 heavy (non-hydrogen) atoms. The third-order valence-electron chi connectivity index (χ3n) is 3.17. The summed E-state index contributed by atoms with van der Waals surface area (Å²) in [6, 6.07) is 9.24. The van der Waals surface area contributed by atoms with Gasteiger partial charge in [0.05, 0.1) is 6.04 Å². The second kappa shape index (κ2) is 6.99. The molecule has 0 saturated carbocycles. The maximum atomic E-state index is 12.0. The third-order valence-corrected chi connectivity index (χ3v) is 3.17. The van der Waals surface area contributed by atoms with Gasteiger partial charge in [-0.2, -0.15) is 4.98 Å². The van der Waals surface area contributed by atoms with Crippen molar-refractivity contribution in [3.05, 3.63) is 36.2 Å². The molecule has 112 valence electrons. The first-order chi connectivity index (χ1) is 10.1. The molecule has 1 amide bonds. The summed E-state index contributed by atoms with van der Waals surface area (Å²) < 4.78 is 5.24. The Kier molecular flexibility index (Phi) is 5.05. The van der Waals surface area contributed by atoms with E-state index in [0.29, 0.717) is 18.3 Å².